The molecule has 6 nitrogen and oxygen atoms in total. The van der Waals surface area contributed by atoms with Gasteiger partial charge in [-0.15, -0.1) is 0 Å². The Hall–Kier alpha value is -3.94. The minimum absolute atomic E-state index is 0.0266. The zero-order valence-corrected chi connectivity index (χ0v) is 14.6. The monoisotopic (exact) mass is 398 g/mol. The lowest BCUT2D eigenvalue weighted by Crippen LogP contribution is -2.07. The first-order valence-corrected chi connectivity index (χ1v) is 8.39. The number of carbonyl (C=O) groups excluding carboxylic acids is 2. The Morgan fingerprint density at radius 1 is 1.07 bits per heavy atom. The Balaban J connectivity index is 1.57. The van der Waals surface area contributed by atoms with Crippen molar-refractivity contribution in [2.45, 2.75) is 6.61 Å². The highest BCUT2D eigenvalue weighted by atomic mass is 19.3. The number of hydrogen-bond donors (Lipinski definition) is 0. The average Bonchev–Trinajstić information content (AvgIpc) is 3.32. The molecule has 0 spiro atoms. The van der Waals surface area contributed by atoms with Gasteiger partial charge in [-0.3, -0.25) is 4.79 Å². The number of halogens is 2. The number of ether oxygens (including phenoxy) is 3. The second-order valence-electron chi connectivity index (χ2n) is 5.88. The van der Waals surface area contributed by atoms with Gasteiger partial charge in [0.1, 0.15) is 17.2 Å². The first kappa shape index (κ1) is 18.4. The van der Waals surface area contributed by atoms with E-state index in [9.17, 15) is 18.4 Å². The molecule has 4 rings (SSSR count). The van der Waals surface area contributed by atoms with Crippen LogP contribution in [0.25, 0.3) is 6.08 Å². The summed E-state index contributed by atoms with van der Waals surface area (Å²) in [5.74, 6) is -0.934. The largest absolute Gasteiger partial charge is 0.457 e. The zero-order valence-electron chi connectivity index (χ0n) is 14.6. The standard InChI is InChI=1S/C21H12F2O6/c22-21(23)29-15-5-2-1-4-12(15)10-18-19(24)14-8-7-13(11-17(14)28-18)27-20(25)16-6-3-9-26-16/h1-11,21H/b18-10-. The van der Waals surface area contributed by atoms with E-state index in [4.69, 9.17) is 13.9 Å². The Kier molecular flexibility index (Phi) is 4.82. The molecule has 1 aliphatic rings. The predicted octanol–water partition coefficient (Wildman–Crippen LogP) is 4.72. The van der Waals surface area contributed by atoms with E-state index in [1.54, 1.807) is 12.1 Å². The van der Waals surface area contributed by atoms with Crippen molar-refractivity contribution in [3.8, 4) is 17.2 Å². The highest BCUT2D eigenvalue weighted by Gasteiger charge is 2.28. The molecular weight excluding hydrogens is 386 g/mol. The molecule has 0 unspecified atom stereocenters. The van der Waals surface area contributed by atoms with E-state index in [0.717, 1.165) is 0 Å². The van der Waals surface area contributed by atoms with Crippen LogP contribution >= 0.6 is 0 Å². The van der Waals surface area contributed by atoms with Crippen molar-refractivity contribution in [2.75, 3.05) is 0 Å². The number of Topliss-reactive ketones (excluding diaryl/α,β-unsaturated/α-hetero) is 1. The molecule has 0 bridgehead atoms. The number of hydrogen-bond acceptors (Lipinski definition) is 6. The van der Waals surface area contributed by atoms with Crippen LogP contribution in [0.4, 0.5) is 8.78 Å². The van der Waals surface area contributed by atoms with Crippen LogP contribution in [-0.4, -0.2) is 18.4 Å². The fraction of sp³-hybridized carbons (Fsp3) is 0.0476. The topological polar surface area (TPSA) is 75.0 Å². The quantitative estimate of drug-likeness (QED) is 0.352. The maximum absolute atomic E-state index is 12.6. The van der Waals surface area contributed by atoms with Gasteiger partial charge in [-0.05, 0) is 36.4 Å². The lowest BCUT2D eigenvalue weighted by atomic mass is 10.1. The molecule has 0 saturated carbocycles. The highest BCUT2D eigenvalue weighted by Crippen LogP contribution is 2.36. The molecule has 0 N–H and O–H groups in total. The summed E-state index contributed by atoms with van der Waals surface area (Å²) in [6, 6.07) is 13.3. The summed E-state index contributed by atoms with van der Waals surface area (Å²) < 4.78 is 45.3. The Bertz CT molecular complexity index is 1100. The first-order valence-electron chi connectivity index (χ1n) is 8.39. The summed E-state index contributed by atoms with van der Waals surface area (Å²) in [6.07, 6.45) is 2.66. The van der Waals surface area contributed by atoms with Crippen LogP contribution < -0.4 is 14.2 Å². The molecule has 1 aromatic heterocycles. The Labute approximate surface area is 162 Å². The molecule has 3 aromatic rings. The van der Waals surface area contributed by atoms with Crippen molar-refractivity contribution >= 4 is 17.8 Å². The van der Waals surface area contributed by atoms with Gasteiger partial charge in [0.15, 0.2) is 5.76 Å². The summed E-state index contributed by atoms with van der Waals surface area (Å²) in [5.41, 5.74) is 0.509. The van der Waals surface area contributed by atoms with Crippen molar-refractivity contribution in [1.29, 1.82) is 0 Å². The summed E-state index contributed by atoms with van der Waals surface area (Å²) in [5, 5.41) is 0. The van der Waals surface area contributed by atoms with Crippen LogP contribution in [0, 0.1) is 0 Å². The number of para-hydroxylation sites is 1. The summed E-state index contributed by atoms with van der Waals surface area (Å²) in [7, 11) is 0. The van der Waals surface area contributed by atoms with Crippen LogP contribution in [0.1, 0.15) is 26.5 Å². The van der Waals surface area contributed by atoms with E-state index in [2.05, 4.69) is 4.74 Å². The van der Waals surface area contributed by atoms with Gasteiger partial charge in [0, 0.05) is 11.6 Å². The molecule has 146 valence electrons. The number of furan rings is 1. The maximum atomic E-state index is 12.6. The number of ketones is 1. The third kappa shape index (κ3) is 3.86. The van der Waals surface area contributed by atoms with Crippen LogP contribution in [0.2, 0.25) is 0 Å². The highest BCUT2D eigenvalue weighted by molar-refractivity contribution is 6.14. The van der Waals surface area contributed by atoms with Gasteiger partial charge in [-0.2, -0.15) is 8.78 Å². The number of rotatable bonds is 5. The molecule has 0 fully saturated rings. The van der Waals surface area contributed by atoms with E-state index in [1.807, 2.05) is 0 Å². The minimum atomic E-state index is -3.00. The summed E-state index contributed by atoms with van der Waals surface area (Å²) in [6.45, 7) is -3.00. The van der Waals surface area contributed by atoms with Crippen molar-refractivity contribution in [2.24, 2.45) is 0 Å². The number of benzene rings is 2. The van der Waals surface area contributed by atoms with Crippen molar-refractivity contribution < 1.29 is 37.0 Å². The molecule has 2 aromatic carbocycles. The number of esters is 1. The second kappa shape index (κ2) is 7.59. The molecular formula is C21H12F2O6. The maximum Gasteiger partial charge on any atom is 0.387 e. The SMILES string of the molecule is O=C(Oc1ccc2c(c1)O/C(=C\c1ccccc1OC(F)F)C2=O)c1ccco1. The average molecular weight is 398 g/mol. The molecule has 1 aliphatic heterocycles. The van der Waals surface area contributed by atoms with E-state index in [0.29, 0.717) is 0 Å². The molecule has 0 saturated heterocycles. The molecule has 0 aliphatic carbocycles. The number of carbonyl (C=O) groups is 2. The Morgan fingerprint density at radius 3 is 2.66 bits per heavy atom. The molecule has 0 radical (unpaired) electrons. The van der Waals surface area contributed by atoms with Gasteiger partial charge < -0.3 is 18.6 Å². The minimum Gasteiger partial charge on any atom is -0.457 e. The van der Waals surface area contributed by atoms with Gasteiger partial charge in [-0.25, -0.2) is 4.79 Å². The normalized spacial score (nSPS) is 14.0. The molecule has 8 heteroatoms. The fourth-order valence-electron chi connectivity index (χ4n) is 2.73. The molecule has 29 heavy (non-hydrogen) atoms. The van der Waals surface area contributed by atoms with Gasteiger partial charge in [0.25, 0.3) is 0 Å². The fourth-order valence-corrected chi connectivity index (χ4v) is 2.73. The molecule has 2 heterocycles. The van der Waals surface area contributed by atoms with Gasteiger partial charge in [0.05, 0.1) is 11.8 Å². The van der Waals surface area contributed by atoms with E-state index >= 15 is 0 Å². The van der Waals surface area contributed by atoms with Crippen LogP contribution in [0.3, 0.4) is 0 Å². The predicted molar refractivity (Wildman–Crippen MR) is 96.1 cm³/mol. The van der Waals surface area contributed by atoms with Crippen LogP contribution in [0.15, 0.2) is 71.0 Å². The molecule has 0 atom stereocenters. The van der Waals surface area contributed by atoms with E-state index in [1.165, 1.54) is 54.8 Å². The van der Waals surface area contributed by atoms with Crippen LogP contribution in [-0.2, 0) is 0 Å². The number of alkyl halides is 2. The lowest BCUT2D eigenvalue weighted by molar-refractivity contribution is -0.0500. The lowest BCUT2D eigenvalue weighted by Gasteiger charge is -2.08. The number of allylic oxidation sites excluding steroid dienone is 1. The zero-order chi connectivity index (χ0) is 20.4. The third-order valence-electron chi connectivity index (χ3n) is 4.00. The van der Waals surface area contributed by atoms with Gasteiger partial charge >= 0.3 is 12.6 Å². The Morgan fingerprint density at radius 2 is 1.90 bits per heavy atom. The van der Waals surface area contributed by atoms with Gasteiger partial charge in [0.2, 0.25) is 11.5 Å². The van der Waals surface area contributed by atoms with Crippen LogP contribution in [0.5, 0.6) is 17.2 Å². The van der Waals surface area contributed by atoms with Crippen molar-refractivity contribution in [3.63, 3.8) is 0 Å². The summed E-state index contributed by atoms with van der Waals surface area (Å²) >= 11 is 0. The first-order chi connectivity index (χ1) is 14.0. The second-order valence-corrected chi connectivity index (χ2v) is 5.88. The smallest absolute Gasteiger partial charge is 0.387 e. The van der Waals surface area contributed by atoms with Crippen molar-refractivity contribution in [3.05, 3.63) is 83.5 Å². The summed E-state index contributed by atoms with van der Waals surface area (Å²) in [4.78, 5) is 24.5. The van der Waals surface area contributed by atoms with Crippen molar-refractivity contribution in [1.82, 2.24) is 0 Å². The van der Waals surface area contributed by atoms with E-state index in [-0.39, 0.29) is 39.9 Å². The molecule has 0 amide bonds. The number of fused-ring (bicyclic) bond motifs is 1. The third-order valence-corrected chi connectivity index (χ3v) is 4.00. The van der Waals surface area contributed by atoms with E-state index < -0.39 is 18.4 Å². The van der Waals surface area contributed by atoms with Gasteiger partial charge in [-0.1, -0.05) is 18.2 Å².